The number of halogens is 4. The molecular weight excluding hydrogens is 448 g/mol. The van der Waals surface area contributed by atoms with Gasteiger partial charge >= 0.3 is 6.18 Å². The number of alkyl halides is 4. The zero-order valence-electron chi connectivity index (χ0n) is 16.7. The molecule has 1 aromatic carbocycles. The number of aromatic amines is 1. The van der Waals surface area contributed by atoms with Gasteiger partial charge in [0.2, 0.25) is 5.56 Å². The Labute approximate surface area is 184 Å². The number of nitrogens with zero attached hydrogens (tertiary/aromatic N) is 1. The maximum atomic E-state index is 14.0. The van der Waals surface area contributed by atoms with Gasteiger partial charge in [-0.1, -0.05) is 23.4 Å². The summed E-state index contributed by atoms with van der Waals surface area (Å²) in [6.07, 6.45) is -5.38. The molecule has 2 aromatic heterocycles. The Kier molecular flexibility index (Phi) is 6.47. The van der Waals surface area contributed by atoms with Gasteiger partial charge in [-0.3, -0.25) is 4.79 Å². The van der Waals surface area contributed by atoms with Gasteiger partial charge in [-0.25, -0.2) is 4.39 Å². The van der Waals surface area contributed by atoms with Crippen LogP contribution in [-0.4, -0.2) is 42.7 Å². The Bertz CT molecular complexity index is 1170. The molecule has 1 aliphatic heterocycles. The van der Waals surface area contributed by atoms with Gasteiger partial charge in [0.25, 0.3) is 0 Å². The van der Waals surface area contributed by atoms with Crippen LogP contribution in [0.4, 0.5) is 23.2 Å². The number of oxime groups is 1. The molecule has 0 radical (unpaired) electrons. The van der Waals surface area contributed by atoms with E-state index in [2.05, 4.69) is 20.8 Å². The van der Waals surface area contributed by atoms with Crippen LogP contribution in [0, 0.1) is 0 Å². The smallest absolute Gasteiger partial charge is 0.389 e. The van der Waals surface area contributed by atoms with Crippen LogP contribution < -0.4 is 16.2 Å². The Balaban J connectivity index is 1.61. The summed E-state index contributed by atoms with van der Waals surface area (Å²) in [5.74, 6) is 0. The largest absolute Gasteiger partial charge is 0.393 e. The van der Waals surface area contributed by atoms with E-state index in [1.54, 1.807) is 30.3 Å². The summed E-state index contributed by atoms with van der Waals surface area (Å²) in [5, 5.41) is 10.3. The number of aromatic nitrogens is 1. The third-order valence-corrected chi connectivity index (χ3v) is 6.22. The second-order valence-electron chi connectivity index (χ2n) is 7.39. The van der Waals surface area contributed by atoms with E-state index in [1.807, 2.05) is 0 Å². The third-order valence-electron chi connectivity index (χ3n) is 5.00. The van der Waals surface area contributed by atoms with Crippen molar-refractivity contribution in [2.45, 2.75) is 31.4 Å². The highest BCUT2D eigenvalue weighted by Gasteiger charge is 2.32. The molecule has 4 rings (SSSR count). The van der Waals surface area contributed by atoms with Crippen LogP contribution in [0.1, 0.15) is 16.1 Å². The van der Waals surface area contributed by atoms with E-state index in [9.17, 15) is 22.4 Å². The van der Waals surface area contributed by atoms with Gasteiger partial charge in [-0.2, -0.15) is 13.2 Å². The molecule has 1 fully saturated rings. The topological polar surface area (TPSA) is 78.5 Å². The number of anilines is 1. The van der Waals surface area contributed by atoms with E-state index in [0.717, 1.165) is 11.3 Å². The first-order chi connectivity index (χ1) is 15.3. The highest BCUT2D eigenvalue weighted by molar-refractivity contribution is 7.21. The van der Waals surface area contributed by atoms with Crippen LogP contribution in [0.25, 0.3) is 10.1 Å². The number of thiophene rings is 1. The first-order valence-corrected chi connectivity index (χ1v) is 10.7. The summed E-state index contributed by atoms with van der Waals surface area (Å²) in [6.45, 7) is 0.632. The van der Waals surface area contributed by atoms with Crippen LogP contribution in [0.15, 0.2) is 46.3 Å². The molecule has 32 heavy (non-hydrogen) atoms. The number of fused-ring (bicyclic) bond motifs is 1. The number of benzene rings is 1. The molecule has 3 heterocycles. The van der Waals surface area contributed by atoms with Crippen molar-refractivity contribution >= 4 is 33.3 Å². The standard InChI is InChI=1S/C21H20F4N4O2S/c22-15-8-26-9-17(15)29-16-5-2-4-13-14(7-21(23,24)25)18(32-20(13)16)10-27-31-11-12-3-1-6-19(30)28-12/h1-6,10,15,17,26,29H,7-9,11H2,(H,28,30)/b27-10+/t15-,17+/m0/s1. The first-order valence-electron chi connectivity index (χ1n) is 9.86. The fourth-order valence-corrected chi connectivity index (χ4v) is 4.71. The molecule has 0 unspecified atom stereocenters. The molecule has 3 aromatic rings. The lowest BCUT2D eigenvalue weighted by molar-refractivity contribution is -0.126. The number of nitrogens with one attached hydrogen (secondary N) is 3. The second kappa shape index (κ2) is 9.29. The van der Waals surface area contributed by atoms with Crippen LogP contribution >= 0.6 is 11.3 Å². The molecule has 6 nitrogen and oxygen atoms in total. The molecule has 1 aliphatic rings. The maximum absolute atomic E-state index is 14.0. The van der Waals surface area contributed by atoms with Gasteiger partial charge in [0.1, 0.15) is 6.17 Å². The van der Waals surface area contributed by atoms with Crippen molar-refractivity contribution < 1.29 is 22.4 Å². The van der Waals surface area contributed by atoms with Crippen molar-refractivity contribution in [3.63, 3.8) is 0 Å². The van der Waals surface area contributed by atoms with E-state index in [4.69, 9.17) is 4.84 Å². The molecule has 11 heteroatoms. The van der Waals surface area contributed by atoms with Crippen molar-refractivity contribution in [2.75, 3.05) is 18.4 Å². The quantitative estimate of drug-likeness (QED) is 0.279. The number of pyridine rings is 1. The predicted molar refractivity (Wildman–Crippen MR) is 116 cm³/mol. The van der Waals surface area contributed by atoms with E-state index in [-0.39, 0.29) is 24.3 Å². The third kappa shape index (κ3) is 5.28. The molecule has 0 saturated carbocycles. The summed E-state index contributed by atoms with van der Waals surface area (Å²) < 4.78 is 54.4. The van der Waals surface area contributed by atoms with Crippen molar-refractivity contribution in [3.05, 3.63) is 62.9 Å². The minimum Gasteiger partial charge on any atom is -0.389 e. The predicted octanol–water partition coefficient (Wildman–Crippen LogP) is 3.97. The molecule has 1 saturated heterocycles. The zero-order valence-corrected chi connectivity index (χ0v) is 17.5. The number of rotatable bonds is 7. The van der Waals surface area contributed by atoms with Gasteiger partial charge in [-0.15, -0.1) is 11.3 Å². The molecule has 3 N–H and O–H groups in total. The van der Waals surface area contributed by atoms with Crippen molar-refractivity contribution in [2.24, 2.45) is 5.16 Å². The monoisotopic (exact) mass is 468 g/mol. The van der Waals surface area contributed by atoms with E-state index in [1.165, 1.54) is 12.3 Å². The van der Waals surface area contributed by atoms with Gasteiger partial charge in [-0.05, 0) is 23.1 Å². The highest BCUT2D eigenvalue weighted by atomic mass is 32.1. The van der Waals surface area contributed by atoms with Crippen molar-refractivity contribution in [1.29, 1.82) is 0 Å². The summed E-state index contributed by atoms with van der Waals surface area (Å²) in [7, 11) is 0. The fourth-order valence-electron chi connectivity index (χ4n) is 3.55. The summed E-state index contributed by atoms with van der Waals surface area (Å²) >= 11 is 1.13. The van der Waals surface area contributed by atoms with Gasteiger partial charge in [0.15, 0.2) is 6.61 Å². The summed E-state index contributed by atoms with van der Waals surface area (Å²) in [4.78, 5) is 19.3. The van der Waals surface area contributed by atoms with Crippen LogP contribution in [0.2, 0.25) is 0 Å². The fraction of sp³-hybridized carbons (Fsp3) is 0.333. The molecular formula is C21H20F4N4O2S. The molecule has 0 spiro atoms. The van der Waals surface area contributed by atoms with Gasteiger partial charge < -0.3 is 20.5 Å². The first kappa shape index (κ1) is 22.3. The van der Waals surface area contributed by atoms with E-state index in [0.29, 0.717) is 32.9 Å². The normalized spacial score (nSPS) is 19.1. The minimum atomic E-state index is -4.41. The Morgan fingerprint density at radius 3 is 2.75 bits per heavy atom. The highest BCUT2D eigenvalue weighted by Crippen LogP contribution is 2.39. The number of hydrogen-bond donors (Lipinski definition) is 3. The van der Waals surface area contributed by atoms with Crippen LogP contribution in [-0.2, 0) is 17.9 Å². The second-order valence-corrected chi connectivity index (χ2v) is 8.44. The SMILES string of the molecule is O=c1cccc(CO/N=C/c2sc3c(N[C@@H]4CNC[C@@H]4F)cccc3c2CC(F)(F)F)[nH]1. The minimum absolute atomic E-state index is 0.0363. The zero-order chi connectivity index (χ0) is 22.7. The molecule has 0 amide bonds. The van der Waals surface area contributed by atoms with Gasteiger partial charge in [0.05, 0.1) is 39.6 Å². The molecule has 170 valence electrons. The average molecular weight is 468 g/mol. The van der Waals surface area contributed by atoms with Crippen molar-refractivity contribution in [1.82, 2.24) is 10.3 Å². The van der Waals surface area contributed by atoms with Crippen molar-refractivity contribution in [3.8, 4) is 0 Å². The average Bonchev–Trinajstić information content (AvgIpc) is 3.28. The number of H-pyrrole nitrogens is 1. The lowest BCUT2D eigenvalue weighted by atomic mass is 10.1. The summed E-state index contributed by atoms with van der Waals surface area (Å²) in [6, 6.07) is 9.09. The molecule has 0 bridgehead atoms. The van der Waals surface area contributed by atoms with E-state index >= 15 is 0 Å². The lowest BCUT2D eigenvalue weighted by Crippen LogP contribution is -2.29. The Morgan fingerprint density at radius 1 is 1.22 bits per heavy atom. The molecule has 2 atom stereocenters. The summed E-state index contributed by atoms with van der Waals surface area (Å²) in [5.41, 5.74) is 0.858. The van der Waals surface area contributed by atoms with Gasteiger partial charge in [0, 0.05) is 19.2 Å². The Hall–Kier alpha value is -2.92. The number of hydrogen-bond acceptors (Lipinski definition) is 6. The maximum Gasteiger partial charge on any atom is 0.393 e. The molecule has 0 aliphatic carbocycles. The van der Waals surface area contributed by atoms with Crippen LogP contribution in [0.3, 0.4) is 0 Å². The lowest BCUT2D eigenvalue weighted by Gasteiger charge is -2.16. The van der Waals surface area contributed by atoms with E-state index < -0.39 is 24.8 Å². The Morgan fingerprint density at radius 2 is 2.03 bits per heavy atom. The van der Waals surface area contributed by atoms with Crippen LogP contribution in [0.5, 0.6) is 0 Å².